The van der Waals surface area contributed by atoms with Crippen LogP contribution in [0.1, 0.15) is 113 Å². The topological polar surface area (TPSA) is 44.8 Å². The van der Waals surface area contributed by atoms with E-state index in [1.54, 1.807) is 0 Å². The molecule has 226 valence electrons. The second-order valence-corrected chi connectivity index (χ2v) is 16.5. The number of carbonyl (C=O) groups excluding carboxylic acids is 1. The lowest BCUT2D eigenvalue weighted by Crippen LogP contribution is -2.70. The van der Waals surface area contributed by atoms with E-state index in [9.17, 15) is 4.79 Å². The minimum atomic E-state index is -0.400. The summed E-state index contributed by atoms with van der Waals surface area (Å²) in [5.74, 6) is 1.94. The van der Waals surface area contributed by atoms with Crippen LogP contribution in [0.2, 0.25) is 0 Å². The van der Waals surface area contributed by atoms with Crippen molar-refractivity contribution in [2.24, 2.45) is 45.3 Å². The summed E-state index contributed by atoms with van der Waals surface area (Å²) in [5, 5.41) is 0. The lowest BCUT2D eigenvalue weighted by atomic mass is 9.34. The molecule has 4 aliphatic carbocycles. The molecule has 0 aromatic carbocycles. The smallest absolute Gasteiger partial charge is 0.138 e. The fraction of sp³-hybridized carbons (Fsp3) is 0.861. The Hall–Kier alpha value is -0.970. The SMILES string of the molecule is C=CCO[C@H]1C[C@]2(C)[C@H](C[C@@H](OCC=C)[C@@H]3[C@@H]([C@@]4(C)CCCC(C)(C)O4)CC[C@]32C)[C@@]2(C)CCC(=O)C(C)(C)[C@H]12. The molecule has 0 N–H and O–H groups in total. The molecule has 0 aromatic rings. The van der Waals surface area contributed by atoms with Gasteiger partial charge in [0.25, 0.3) is 0 Å². The molecule has 4 nitrogen and oxygen atoms in total. The van der Waals surface area contributed by atoms with Gasteiger partial charge in [-0.2, -0.15) is 0 Å². The Kier molecular flexibility index (Phi) is 7.66. The number of Topliss-reactive ketones (excluding diaryl/α,β-unsaturated/α-hetero) is 1. The molecule has 0 radical (unpaired) electrons. The van der Waals surface area contributed by atoms with Crippen molar-refractivity contribution in [3.63, 3.8) is 0 Å². The van der Waals surface area contributed by atoms with Crippen LogP contribution in [0.15, 0.2) is 25.3 Å². The van der Waals surface area contributed by atoms with Crippen LogP contribution in [0.4, 0.5) is 0 Å². The Morgan fingerprint density at radius 3 is 2.15 bits per heavy atom. The first-order valence-corrected chi connectivity index (χ1v) is 16.3. The van der Waals surface area contributed by atoms with Crippen LogP contribution < -0.4 is 0 Å². The van der Waals surface area contributed by atoms with Crippen molar-refractivity contribution < 1.29 is 19.0 Å². The largest absolute Gasteiger partial charge is 0.374 e. The predicted octanol–water partition coefficient (Wildman–Crippen LogP) is 8.34. The summed E-state index contributed by atoms with van der Waals surface area (Å²) in [6.45, 7) is 28.2. The highest BCUT2D eigenvalue weighted by Gasteiger charge is 2.74. The van der Waals surface area contributed by atoms with Gasteiger partial charge in [0.15, 0.2) is 0 Å². The normalized spacial score (nSPS) is 49.5. The summed E-state index contributed by atoms with van der Waals surface area (Å²) in [6, 6.07) is 0. The average molecular weight is 555 g/mol. The standard InChI is InChI=1S/C36H58O4/c1-11-20-38-25-22-27-33(7)18-15-28(37)32(5,6)30(33)26(39-21-12-2)23-35(27,9)34(8)19-14-24(29(25)34)36(10)17-13-16-31(3,4)40-36/h11-12,24-27,29-30H,1-2,13-23H2,3-10H3/t24-,25+,26-,27+,29-,30-,33+,34+,35+,36+/m0/s1. The van der Waals surface area contributed by atoms with E-state index in [4.69, 9.17) is 14.2 Å². The number of fused-ring (bicyclic) bond motifs is 5. The Morgan fingerprint density at radius 1 is 0.875 bits per heavy atom. The molecule has 0 aromatic heterocycles. The molecule has 40 heavy (non-hydrogen) atoms. The Bertz CT molecular complexity index is 1010. The van der Waals surface area contributed by atoms with E-state index < -0.39 is 5.41 Å². The van der Waals surface area contributed by atoms with Crippen LogP contribution in [-0.4, -0.2) is 42.4 Å². The van der Waals surface area contributed by atoms with Gasteiger partial charge in [-0.1, -0.05) is 46.8 Å². The van der Waals surface area contributed by atoms with Gasteiger partial charge in [-0.3, -0.25) is 4.79 Å². The maximum atomic E-state index is 13.4. The lowest BCUT2D eigenvalue weighted by molar-refractivity contribution is -0.274. The average Bonchev–Trinajstić information content (AvgIpc) is 3.24. The van der Waals surface area contributed by atoms with Gasteiger partial charge in [-0.25, -0.2) is 0 Å². The summed E-state index contributed by atoms with van der Waals surface area (Å²) >= 11 is 0. The van der Waals surface area contributed by atoms with E-state index in [1.165, 1.54) is 19.3 Å². The zero-order chi connectivity index (χ0) is 29.4. The van der Waals surface area contributed by atoms with Crippen molar-refractivity contribution in [3.8, 4) is 0 Å². The molecule has 0 unspecified atom stereocenters. The van der Waals surface area contributed by atoms with Gasteiger partial charge in [0.1, 0.15) is 5.78 Å². The van der Waals surface area contributed by atoms with Gasteiger partial charge in [0, 0.05) is 17.8 Å². The van der Waals surface area contributed by atoms with E-state index in [2.05, 4.69) is 68.5 Å². The number of rotatable bonds is 7. The van der Waals surface area contributed by atoms with Crippen LogP contribution in [0.25, 0.3) is 0 Å². The molecule has 1 heterocycles. The van der Waals surface area contributed by atoms with Gasteiger partial charge in [0.2, 0.25) is 0 Å². The number of ether oxygens (including phenoxy) is 3. The zero-order valence-corrected chi connectivity index (χ0v) is 26.9. The fourth-order valence-corrected chi connectivity index (χ4v) is 11.9. The molecule has 0 amide bonds. The quantitative estimate of drug-likeness (QED) is 0.297. The van der Waals surface area contributed by atoms with Crippen molar-refractivity contribution in [2.45, 2.75) is 137 Å². The molecule has 0 bridgehead atoms. The third-order valence-corrected chi connectivity index (χ3v) is 13.6. The molecule has 4 saturated carbocycles. The van der Waals surface area contributed by atoms with Crippen LogP contribution in [0.3, 0.4) is 0 Å². The zero-order valence-electron chi connectivity index (χ0n) is 26.9. The molecule has 5 aliphatic rings. The third-order valence-electron chi connectivity index (χ3n) is 13.6. The number of hydrogen-bond acceptors (Lipinski definition) is 4. The van der Waals surface area contributed by atoms with Crippen LogP contribution in [-0.2, 0) is 19.0 Å². The first-order chi connectivity index (χ1) is 18.6. The minimum absolute atomic E-state index is 0.00529. The van der Waals surface area contributed by atoms with Gasteiger partial charge in [0.05, 0.1) is 36.6 Å². The molecular formula is C36H58O4. The second-order valence-electron chi connectivity index (χ2n) is 16.5. The van der Waals surface area contributed by atoms with Crippen LogP contribution in [0, 0.1) is 45.3 Å². The lowest BCUT2D eigenvalue weighted by Gasteiger charge is -2.71. The summed E-state index contributed by atoms with van der Waals surface area (Å²) < 4.78 is 20.6. The first kappa shape index (κ1) is 30.5. The highest BCUT2D eigenvalue weighted by atomic mass is 16.5. The maximum absolute atomic E-state index is 13.4. The molecular weight excluding hydrogens is 496 g/mol. The minimum Gasteiger partial charge on any atom is -0.374 e. The van der Waals surface area contributed by atoms with E-state index in [0.29, 0.717) is 43.2 Å². The van der Waals surface area contributed by atoms with Crippen LogP contribution >= 0.6 is 0 Å². The van der Waals surface area contributed by atoms with E-state index in [1.807, 2.05) is 12.2 Å². The molecule has 1 saturated heterocycles. The molecule has 1 aliphatic heterocycles. The number of carbonyl (C=O) groups is 1. The van der Waals surface area contributed by atoms with Crippen LogP contribution in [0.5, 0.6) is 0 Å². The van der Waals surface area contributed by atoms with Crippen molar-refractivity contribution in [1.82, 2.24) is 0 Å². The van der Waals surface area contributed by atoms with Crippen molar-refractivity contribution in [2.75, 3.05) is 13.2 Å². The molecule has 4 heteroatoms. The van der Waals surface area contributed by atoms with Gasteiger partial charge < -0.3 is 14.2 Å². The third kappa shape index (κ3) is 4.36. The summed E-state index contributed by atoms with van der Waals surface area (Å²) in [6.07, 6.45) is 13.5. The van der Waals surface area contributed by atoms with Crippen molar-refractivity contribution >= 4 is 5.78 Å². The van der Waals surface area contributed by atoms with E-state index >= 15 is 0 Å². The highest BCUT2D eigenvalue weighted by molar-refractivity contribution is 5.85. The number of hydrogen-bond donors (Lipinski definition) is 0. The monoisotopic (exact) mass is 554 g/mol. The Balaban J connectivity index is 1.61. The van der Waals surface area contributed by atoms with E-state index in [-0.39, 0.29) is 45.6 Å². The molecule has 10 atom stereocenters. The number of ketones is 1. The summed E-state index contributed by atoms with van der Waals surface area (Å²) in [5.41, 5.74) is -0.444. The van der Waals surface area contributed by atoms with Crippen molar-refractivity contribution in [3.05, 3.63) is 25.3 Å². The maximum Gasteiger partial charge on any atom is 0.138 e. The predicted molar refractivity (Wildman–Crippen MR) is 162 cm³/mol. The molecule has 5 fully saturated rings. The first-order valence-electron chi connectivity index (χ1n) is 16.3. The highest BCUT2D eigenvalue weighted by Crippen LogP contribution is 2.76. The Labute approximate surface area is 245 Å². The summed E-state index contributed by atoms with van der Waals surface area (Å²) in [7, 11) is 0. The Morgan fingerprint density at radius 2 is 1.52 bits per heavy atom. The molecule has 5 rings (SSSR count). The summed E-state index contributed by atoms with van der Waals surface area (Å²) in [4.78, 5) is 13.4. The molecule has 0 spiro atoms. The fourth-order valence-electron chi connectivity index (χ4n) is 11.9. The second kappa shape index (κ2) is 10.1. The van der Waals surface area contributed by atoms with Gasteiger partial charge in [-0.05, 0) is 106 Å². The van der Waals surface area contributed by atoms with Gasteiger partial charge in [-0.15, -0.1) is 13.2 Å². The van der Waals surface area contributed by atoms with Gasteiger partial charge >= 0.3 is 0 Å². The van der Waals surface area contributed by atoms with E-state index in [0.717, 1.165) is 32.1 Å². The van der Waals surface area contributed by atoms with Crippen molar-refractivity contribution in [1.29, 1.82) is 0 Å².